The zero-order valence-corrected chi connectivity index (χ0v) is 21.0. The summed E-state index contributed by atoms with van der Waals surface area (Å²) in [6, 6.07) is 5.00. The second-order valence-electron chi connectivity index (χ2n) is 6.91. The predicted molar refractivity (Wildman–Crippen MR) is 123 cm³/mol. The number of ether oxygens (including phenoxy) is 1. The number of nitrogens with one attached hydrogen (secondary N) is 1. The summed E-state index contributed by atoms with van der Waals surface area (Å²) in [5.74, 6) is 0.792. The Hall–Kier alpha value is -0.202. The van der Waals surface area contributed by atoms with Crippen LogP contribution >= 0.6 is 48.0 Å². The summed E-state index contributed by atoms with van der Waals surface area (Å²) in [4.78, 5) is 26.2. The van der Waals surface area contributed by atoms with Crippen molar-refractivity contribution in [2.75, 3.05) is 26.2 Å². The zero-order valence-electron chi connectivity index (χ0n) is 15.7. The molecule has 3 N–H and O–H groups in total. The third-order valence-corrected chi connectivity index (χ3v) is 8.19. The molecule has 0 aromatic heterocycles. The number of benzene rings is 1. The SMILES string of the molecule is Cl.Cl.NCC(=O)[AsH]C1CN[C@@H](C(=O)N2CCC(Oc3cc(Cl)cc(Cl)c3)CC2)C1. The molecule has 2 saturated heterocycles. The Kier molecular flexibility index (Phi) is 11.7. The summed E-state index contributed by atoms with van der Waals surface area (Å²) in [6.07, 6.45) is 2.33. The molecular formula is C18H26AsCl4N3O3. The molecule has 2 heterocycles. The van der Waals surface area contributed by atoms with Crippen LogP contribution < -0.4 is 15.8 Å². The summed E-state index contributed by atoms with van der Waals surface area (Å²) < 4.78 is 6.47. The van der Waals surface area contributed by atoms with Crippen molar-refractivity contribution in [3.63, 3.8) is 0 Å². The van der Waals surface area contributed by atoms with Crippen molar-refractivity contribution in [3.05, 3.63) is 28.2 Å². The first kappa shape index (κ1) is 26.8. The van der Waals surface area contributed by atoms with Crippen LogP contribution in [0.2, 0.25) is 14.8 Å². The van der Waals surface area contributed by atoms with Crippen molar-refractivity contribution in [2.24, 2.45) is 5.73 Å². The quantitative estimate of drug-likeness (QED) is 0.533. The fourth-order valence-corrected chi connectivity index (χ4v) is 6.44. The van der Waals surface area contributed by atoms with E-state index in [1.165, 1.54) is 0 Å². The molecule has 6 nitrogen and oxygen atoms in total. The van der Waals surface area contributed by atoms with Gasteiger partial charge in [0, 0.05) is 0 Å². The van der Waals surface area contributed by atoms with E-state index < -0.39 is 15.8 Å². The molecule has 1 aromatic rings. The van der Waals surface area contributed by atoms with Crippen LogP contribution in [-0.2, 0) is 9.59 Å². The van der Waals surface area contributed by atoms with E-state index in [9.17, 15) is 9.59 Å². The maximum absolute atomic E-state index is 12.7. The molecular weight excluding hydrogens is 523 g/mol. The van der Waals surface area contributed by atoms with E-state index in [-0.39, 0.29) is 54.0 Å². The van der Waals surface area contributed by atoms with Gasteiger partial charge in [0.05, 0.1) is 0 Å². The predicted octanol–water partition coefficient (Wildman–Crippen LogP) is 2.28. The van der Waals surface area contributed by atoms with Crippen LogP contribution in [-0.4, -0.2) is 69.5 Å². The molecule has 0 bridgehead atoms. The molecule has 1 amide bonds. The Labute approximate surface area is 200 Å². The van der Waals surface area contributed by atoms with Gasteiger partial charge in [0.15, 0.2) is 0 Å². The number of piperidine rings is 1. The molecule has 2 unspecified atom stereocenters. The summed E-state index contributed by atoms with van der Waals surface area (Å²) >= 11 is 11.3. The third-order valence-electron chi connectivity index (χ3n) is 4.87. The average molecular weight is 549 g/mol. The van der Waals surface area contributed by atoms with Crippen LogP contribution in [0.4, 0.5) is 0 Å². The van der Waals surface area contributed by atoms with Gasteiger partial charge in [0.2, 0.25) is 0 Å². The minimum absolute atomic E-state index is 0. The molecule has 3 rings (SSSR count). The number of carbonyl (C=O) groups is 2. The van der Waals surface area contributed by atoms with Crippen LogP contribution in [0.1, 0.15) is 19.3 Å². The van der Waals surface area contributed by atoms with Gasteiger partial charge in [-0.1, -0.05) is 23.2 Å². The Morgan fingerprint density at radius 1 is 1.17 bits per heavy atom. The molecule has 0 radical (unpaired) electrons. The topological polar surface area (TPSA) is 84.7 Å². The number of nitrogens with zero attached hydrogens (tertiary/aromatic N) is 1. The van der Waals surface area contributed by atoms with Gasteiger partial charge in [-0.2, -0.15) is 0 Å². The molecule has 2 fully saturated rings. The van der Waals surface area contributed by atoms with E-state index in [1.807, 2.05) is 4.90 Å². The number of amides is 1. The molecule has 2 aliphatic heterocycles. The van der Waals surface area contributed by atoms with Gasteiger partial charge in [-0.25, -0.2) is 0 Å². The molecule has 164 valence electrons. The summed E-state index contributed by atoms with van der Waals surface area (Å²) in [5, 5.41) is 4.37. The van der Waals surface area contributed by atoms with Gasteiger partial charge in [0.25, 0.3) is 0 Å². The van der Waals surface area contributed by atoms with E-state index >= 15 is 0 Å². The molecule has 29 heavy (non-hydrogen) atoms. The summed E-state index contributed by atoms with van der Waals surface area (Å²) in [6.45, 7) is 2.20. The average Bonchev–Trinajstić information content (AvgIpc) is 3.09. The summed E-state index contributed by atoms with van der Waals surface area (Å²) in [5.41, 5.74) is 5.41. The Morgan fingerprint density at radius 3 is 2.38 bits per heavy atom. The van der Waals surface area contributed by atoms with Gasteiger partial charge in [0.1, 0.15) is 0 Å². The van der Waals surface area contributed by atoms with E-state index in [4.69, 9.17) is 33.7 Å². The second kappa shape index (κ2) is 12.6. The van der Waals surface area contributed by atoms with Crippen LogP contribution in [0.5, 0.6) is 5.75 Å². The molecule has 0 spiro atoms. The molecule has 0 saturated carbocycles. The number of nitrogens with two attached hydrogens (primary N) is 1. The normalized spacial score (nSPS) is 22.2. The Morgan fingerprint density at radius 2 is 1.79 bits per heavy atom. The van der Waals surface area contributed by atoms with E-state index in [0.29, 0.717) is 33.6 Å². The van der Waals surface area contributed by atoms with E-state index in [1.54, 1.807) is 18.2 Å². The zero-order chi connectivity index (χ0) is 19.4. The van der Waals surface area contributed by atoms with Gasteiger partial charge in [-0.15, -0.1) is 24.8 Å². The van der Waals surface area contributed by atoms with Crippen molar-refractivity contribution in [1.82, 2.24) is 10.2 Å². The Bertz CT molecular complexity index is 685. The fraction of sp³-hybridized carbons (Fsp3) is 0.556. The van der Waals surface area contributed by atoms with Gasteiger partial charge >= 0.3 is 147 Å². The van der Waals surface area contributed by atoms with E-state index in [0.717, 1.165) is 25.8 Å². The second-order valence-corrected chi connectivity index (χ2v) is 11.3. The first-order chi connectivity index (χ1) is 12.9. The van der Waals surface area contributed by atoms with Crippen LogP contribution in [0.25, 0.3) is 0 Å². The van der Waals surface area contributed by atoms with Crippen LogP contribution in [0.15, 0.2) is 18.2 Å². The first-order valence-electron chi connectivity index (χ1n) is 9.09. The number of halogens is 4. The van der Waals surface area contributed by atoms with Crippen LogP contribution in [0.3, 0.4) is 0 Å². The van der Waals surface area contributed by atoms with E-state index in [2.05, 4.69) is 5.32 Å². The molecule has 11 heteroatoms. The number of rotatable bonds is 6. The van der Waals surface area contributed by atoms with Crippen molar-refractivity contribution in [1.29, 1.82) is 0 Å². The molecule has 0 aliphatic carbocycles. The van der Waals surface area contributed by atoms with Gasteiger partial charge in [-0.3, -0.25) is 0 Å². The monoisotopic (exact) mass is 547 g/mol. The first-order valence-corrected chi connectivity index (χ1v) is 12.1. The molecule has 3 atom stereocenters. The third kappa shape index (κ3) is 7.77. The number of likely N-dealkylation sites (tertiary alicyclic amines) is 1. The van der Waals surface area contributed by atoms with Crippen molar-refractivity contribution in [2.45, 2.75) is 36.1 Å². The number of hydrogen-bond donors (Lipinski definition) is 2. The van der Waals surface area contributed by atoms with Crippen molar-refractivity contribution >= 4 is 74.2 Å². The number of hydrogen-bond acceptors (Lipinski definition) is 5. The number of carbonyl (C=O) groups excluding carboxylic acids is 2. The van der Waals surface area contributed by atoms with Gasteiger partial charge in [-0.05, 0) is 6.07 Å². The van der Waals surface area contributed by atoms with Crippen molar-refractivity contribution < 1.29 is 14.3 Å². The van der Waals surface area contributed by atoms with Crippen LogP contribution in [0, 0.1) is 0 Å². The Balaban J connectivity index is 0.00000210. The molecule has 2 aliphatic rings. The standard InChI is InChI=1S/C18H24AsCl2N3O3.2ClH/c20-12-6-13(21)8-15(7-12)27-14-1-3-24(4-2-14)18(26)16-5-11(10-23-16)19-17(25)9-22;;/h6-8,11,14,16,19,23H,1-5,9-10,22H2;2*1H/t11?,16-;;/m1../s1. The molecule has 1 aromatic carbocycles. The fourth-order valence-electron chi connectivity index (χ4n) is 3.52. The summed E-state index contributed by atoms with van der Waals surface area (Å²) in [7, 11) is 0. The van der Waals surface area contributed by atoms with Gasteiger partial charge < -0.3 is 0 Å². The van der Waals surface area contributed by atoms with Crippen molar-refractivity contribution in [3.8, 4) is 5.75 Å². The minimum atomic E-state index is -0.736. The maximum atomic E-state index is 12.7.